The maximum absolute atomic E-state index is 11.7. The number of hydrogen-bond acceptors (Lipinski definition) is 3. The number of aliphatic carboxylic acids is 1. The number of rotatable bonds is 5. The van der Waals surface area contributed by atoms with Crippen LogP contribution in [0.1, 0.15) is 24.8 Å². The van der Waals surface area contributed by atoms with Gasteiger partial charge in [0.1, 0.15) is 0 Å². The van der Waals surface area contributed by atoms with Gasteiger partial charge in [0.25, 0.3) is 0 Å². The second-order valence-electron chi connectivity index (χ2n) is 4.99. The van der Waals surface area contributed by atoms with Crippen molar-refractivity contribution in [1.82, 2.24) is 15.6 Å². The van der Waals surface area contributed by atoms with Gasteiger partial charge in [0.2, 0.25) is 0 Å². The van der Waals surface area contributed by atoms with Crippen molar-refractivity contribution < 1.29 is 14.7 Å². The van der Waals surface area contributed by atoms with Crippen LogP contribution >= 0.6 is 0 Å². The lowest BCUT2D eigenvalue weighted by Gasteiger charge is -2.17. The van der Waals surface area contributed by atoms with Crippen molar-refractivity contribution in [2.24, 2.45) is 5.92 Å². The maximum atomic E-state index is 11.7. The van der Waals surface area contributed by atoms with Crippen LogP contribution in [0, 0.1) is 5.92 Å². The summed E-state index contributed by atoms with van der Waals surface area (Å²) >= 11 is 0. The highest BCUT2D eigenvalue weighted by atomic mass is 16.4. The van der Waals surface area contributed by atoms with Crippen LogP contribution in [0.15, 0.2) is 24.5 Å². The first-order valence-electron chi connectivity index (χ1n) is 6.83. The van der Waals surface area contributed by atoms with Gasteiger partial charge in [0.05, 0.1) is 5.92 Å². The van der Waals surface area contributed by atoms with Crippen LogP contribution in [-0.2, 0) is 11.2 Å². The number of carbonyl (C=O) groups excluding carboxylic acids is 1. The van der Waals surface area contributed by atoms with Crippen LogP contribution in [0.3, 0.4) is 0 Å². The Kier molecular flexibility index (Phi) is 4.92. The first kappa shape index (κ1) is 14.3. The molecule has 3 N–H and O–H groups in total. The summed E-state index contributed by atoms with van der Waals surface area (Å²) in [5.41, 5.74) is 1.10. The van der Waals surface area contributed by atoms with E-state index in [9.17, 15) is 9.59 Å². The lowest BCUT2D eigenvalue weighted by atomic mass is 10.0. The van der Waals surface area contributed by atoms with Gasteiger partial charge in [-0.25, -0.2) is 4.79 Å². The van der Waals surface area contributed by atoms with E-state index in [0.717, 1.165) is 24.8 Å². The zero-order chi connectivity index (χ0) is 14.4. The molecule has 0 aliphatic heterocycles. The van der Waals surface area contributed by atoms with Gasteiger partial charge in [0, 0.05) is 25.0 Å². The maximum Gasteiger partial charge on any atom is 0.315 e. The Balaban J connectivity index is 1.71. The van der Waals surface area contributed by atoms with Gasteiger partial charge in [-0.1, -0.05) is 6.42 Å². The lowest BCUT2D eigenvalue weighted by molar-refractivity contribution is -0.142. The highest BCUT2D eigenvalue weighted by Crippen LogP contribution is 2.25. The lowest BCUT2D eigenvalue weighted by Crippen LogP contribution is -2.45. The average molecular weight is 277 g/mol. The monoisotopic (exact) mass is 277 g/mol. The summed E-state index contributed by atoms with van der Waals surface area (Å²) in [6, 6.07) is 3.25. The molecule has 2 unspecified atom stereocenters. The number of urea groups is 1. The molecule has 6 nitrogen and oxygen atoms in total. The fraction of sp³-hybridized carbons (Fsp3) is 0.500. The van der Waals surface area contributed by atoms with E-state index in [1.807, 2.05) is 12.1 Å². The second-order valence-corrected chi connectivity index (χ2v) is 4.99. The first-order valence-corrected chi connectivity index (χ1v) is 6.83. The SMILES string of the molecule is O=C(NCCc1ccncc1)NC1CCCC1C(=O)O. The molecule has 2 amide bonds. The molecule has 0 spiro atoms. The molecule has 0 saturated heterocycles. The van der Waals surface area contributed by atoms with Crippen molar-refractivity contribution >= 4 is 12.0 Å². The van der Waals surface area contributed by atoms with Crippen LogP contribution in [0.4, 0.5) is 4.79 Å². The Morgan fingerprint density at radius 2 is 2.05 bits per heavy atom. The molecular formula is C14H19N3O3. The van der Waals surface area contributed by atoms with Crippen molar-refractivity contribution in [1.29, 1.82) is 0 Å². The largest absolute Gasteiger partial charge is 0.481 e. The van der Waals surface area contributed by atoms with Gasteiger partial charge >= 0.3 is 12.0 Å². The zero-order valence-corrected chi connectivity index (χ0v) is 11.2. The second kappa shape index (κ2) is 6.88. The van der Waals surface area contributed by atoms with Crippen molar-refractivity contribution in [2.75, 3.05) is 6.54 Å². The molecule has 1 aliphatic carbocycles. The minimum absolute atomic E-state index is 0.256. The van der Waals surface area contributed by atoms with E-state index in [-0.39, 0.29) is 12.1 Å². The van der Waals surface area contributed by atoms with Gasteiger partial charge in [-0.05, 0) is 37.0 Å². The third-order valence-corrected chi connectivity index (χ3v) is 3.60. The molecule has 108 valence electrons. The summed E-state index contributed by atoms with van der Waals surface area (Å²) in [7, 11) is 0. The molecule has 2 rings (SSSR count). The molecule has 20 heavy (non-hydrogen) atoms. The van der Waals surface area contributed by atoms with Crippen LogP contribution in [-0.4, -0.2) is 34.7 Å². The zero-order valence-electron chi connectivity index (χ0n) is 11.2. The molecule has 1 saturated carbocycles. The van der Waals surface area contributed by atoms with Gasteiger partial charge in [-0.2, -0.15) is 0 Å². The van der Waals surface area contributed by atoms with Crippen molar-refractivity contribution in [2.45, 2.75) is 31.7 Å². The molecule has 1 fully saturated rings. The van der Waals surface area contributed by atoms with E-state index >= 15 is 0 Å². The molecule has 0 aromatic carbocycles. The number of pyridine rings is 1. The van der Waals surface area contributed by atoms with Gasteiger partial charge in [-0.15, -0.1) is 0 Å². The third kappa shape index (κ3) is 3.94. The van der Waals surface area contributed by atoms with E-state index in [0.29, 0.717) is 13.0 Å². The van der Waals surface area contributed by atoms with Gasteiger partial charge in [-0.3, -0.25) is 9.78 Å². The predicted octanol–water partition coefficient (Wildman–Crippen LogP) is 1.18. The number of hydrogen-bond donors (Lipinski definition) is 3. The summed E-state index contributed by atoms with van der Waals surface area (Å²) in [6.45, 7) is 0.514. The van der Waals surface area contributed by atoms with Gasteiger partial charge in [0.15, 0.2) is 0 Å². The third-order valence-electron chi connectivity index (χ3n) is 3.60. The Morgan fingerprint density at radius 1 is 1.30 bits per heavy atom. The molecule has 1 aromatic heterocycles. The van der Waals surface area contributed by atoms with Gasteiger partial charge < -0.3 is 15.7 Å². The normalized spacial score (nSPS) is 21.4. The number of carbonyl (C=O) groups is 2. The molecule has 2 atom stereocenters. The summed E-state index contributed by atoms with van der Waals surface area (Å²) in [5, 5.41) is 14.6. The first-order chi connectivity index (χ1) is 9.66. The van der Waals surface area contributed by atoms with E-state index < -0.39 is 11.9 Å². The highest BCUT2D eigenvalue weighted by Gasteiger charge is 2.33. The predicted molar refractivity (Wildman–Crippen MR) is 73.2 cm³/mol. The highest BCUT2D eigenvalue weighted by molar-refractivity contribution is 5.77. The summed E-state index contributed by atoms with van der Waals surface area (Å²) in [5.74, 6) is -1.29. The molecular weight excluding hydrogens is 258 g/mol. The number of nitrogens with one attached hydrogen (secondary N) is 2. The molecule has 0 radical (unpaired) electrons. The Labute approximate surface area is 117 Å². The molecule has 1 aromatic rings. The van der Waals surface area contributed by atoms with Crippen molar-refractivity contribution in [3.05, 3.63) is 30.1 Å². The van der Waals surface area contributed by atoms with E-state index in [4.69, 9.17) is 5.11 Å². The van der Waals surface area contributed by atoms with Crippen LogP contribution < -0.4 is 10.6 Å². The standard InChI is InChI=1S/C14H19N3O3/c18-13(19)11-2-1-3-12(11)17-14(20)16-9-6-10-4-7-15-8-5-10/h4-5,7-8,11-12H,1-3,6,9H2,(H,18,19)(H2,16,17,20). The quantitative estimate of drug-likeness (QED) is 0.753. The van der Waals surface area contributed by atoms with E-state index in [1.165, 1.54) is 0 Å². The number of carboxylic acid groups (broad SMARTS) is 1. The molecule has 1 heterocycles. The van der Waals surface area contributed by atoms with Crippen LogP contribution in [0.25, 0.3) is 0 Å². The number of amides is 2. The topological polar surface area (TPSA) is 91.3 Å². The fourth-order valence-corrected chi connectivity index (χ4v) is 2.52. The number of carboxylic acids is 1. The Hall–Kier alpha value is -2.11. The summed E-state index contributed by atoms with van der Waals surface area (Å²) in [4.78, 5) is 26.7. The Morgan fingerprint density at radius 3 is 2.75 bits per heavy atom. The minimum Gasteiger partial charge on any atom is -0.481 e. The molecule has 0 bridgehead atoms. The van der Waals surface area contributed by atoms with Crippen LogP contribution in [0.2, 0.25) is 0 Å². The number of aromatic nitrogens is 1. The summed E-state index contributed by atoms with van der Waals surface area (Å²) in [6.07, 6.45) is 6.37. The Bertz CT molecular complexity index is 464. The van der Waals surface area contributed by atoms with Crippen molar-refractivity contribution in [3.63, 3.8) is 0 Å². The average Bonchev–Trinajstić information content (AvgIpc) is 2.88. The molecule has 6 heteroatoms. The smallest absolute Gasteiger partial charge is 0.315 e. The van der Waals surface area contributed by atoms with Crippen molar-refractivity contribution in [3.8, 4) is 0 Å². The van der Waals surface area contributed by atoms with E-state index in [2.05, 4.69) is 15.6 Å². The summed E-state index contributed by atoms with van der Waals surface area (Å²) < 4.78 is 0. The number of nitrogens with zero attached hydrogens (tertiary/aromatic N) is 1. The molecule has 1 aliphatic rings. The fourth-order valence-electron chi connectivity index (χ4n) is 2.52. The minimum atomic E-state index is -0.829. The van der Waals surface area contributed by atoms with Crippen LogP contribution in [0.5, 0.6) is 0 Å². The van der Waals surface area contributed by atoms with E-state index in [1.54, 1.807) is 12.4 Å².